The second-order valence-electron chi connectivity index (χ2n) is 5.60. The van der Waals surface area contributed by atoms with E-state index in [1.807, 2.05) is 0 Å². The first-order chi connectivity index (χ1) is 9.72. The van der Waals surface area contributed by atoms with Crippen molar-refractivity contribution in [3.63, 3.8) is 0 Å². The van der Waals surface area contributed by atoms with Gasteiger partial charge in [-0.1, -0.05) is 6.42 Å². The van der Waals surface area contributed by atoms with E-state index < -0.39 is 0 Å². The van der Waals surface area contributed by atoms with Gasteiger partial charge in [-0.25, -0.2) is 9.97 Å². The zero-order valence-electron chi connectivity index (χ0n) is 11.4. The summed E-state index contributed by atoms with van der Waals surface area (Å²) in [6, 6.07) is 0.315. The molecule has 108 valence electrons. The van der Waals surface area contributed by atoms with Gasteiger partial charge < -0.3 is 10.2 Å². The van der Waals surface area contributed by atoms with Crippen LogP contribution in [-0.4, -0.2) is 35.0 Å². The number of hydrogen-bond donors (Lipinski definition) is 1. The second-order valence-corrected chi connectivity index (χ2v) is 6.51. The fourth-order valence-corrected chi connectivity index (χ4v) is 2.89. The highest BCUT2D eigenvalue weighted by atomic mass is 79.9. The maximum Gasteiger partial charge on any atom is 0.225 e. The van der Waals surface area contributed by atoms with Crippen LogP contribution in [-0.2, 0) is 4.79 Å². The molecule has 1 aromatic rings. The van der Waals surface area contributed by atoms with Gasteiger partial charge in [0, 0.05) is 37.4 Å². The van der Waals surface area contributed by atoms with Gasteiger partial charge in [-0.3, -0.25) is 4.79 Å². The largest absolute Gasteiger partial charge is 0.353 e. The van der Waals surface area contributed by atoms with Gasteiger partial charge in [-0.15, -0.1) is 0 Å². The lowest BCUT2D eigenvalue weighted by molar-refractivity contribution is -0.128. The minimum atomic E-state index is 0.259. The lowest BCUT2D eigenvalue weighted by atomic mass is 9.84. The number of anilines is 1. The molecular formula is C14H19BrN4O. The molecule has 1 amide bonds. The number of halogens is 1. The molecule has 0 aromatic carbocycles. The van der Waals surface area contributed by atoms with Gasteiger partial charge in [0.2, 0.25) is 11.9 Å². The van der Waals surface area contributed by atoms with E-state index in [1.54, 1.807) is 12.4 Å². The van der Waals surface area contributed by atoms with Crippen LogP contribution in [0.3, 0.4) is 0 Å². The van der Waals surface area contributed by atoms with Crippen LogP contribution >= 0.6 is 15.9 Å². The van der Waals surface area contributed by atoms with Crippen molar-refractivity contribution in [2.24, 2.45) is 5.92 Å². The molecule has 0 atom stereocenters. The van der Waals surface area contributed by atoms with E-state index in [2.05, 4.69) is 36.1 Å². The molecule has 3 rings (SSSR count). The Morgan fingerprint density at radius 1 is 1.20 bits per heavy atom. The molecule has 1 aliphatic heterocycles. The molecule has 1 aromatic heterocycles. The fourth-order valence-electron chi connectivity index (χ4n) is 2.68. The van der Waals surface area contributed by atoms with Gasteiger partial charge in [0.05, 0.1) is 4.47 Å². The van der Waals surface area contributed by atoms with E-state index in [-0.39, 0.29) is 11.8 Å². The number of carbonyl (C=O) groups excluding carboxylic acids is 1. The smallest absolute Gasteiger partial charge is 0.225 e. The normalized spacial score (nSPS) is 20.6. The van der Waals surface area contributed by atoms with E-state index in [0.717, 1.165) is 49.2 Å². The highest BCUT2D eigenvalue weighted by molar-refractivity contribution is 9.10. The predicted octanol–water partition coefficient (Wildman–Crippen LogP) is 2.12. The molecule has 0 radical (unpaired) electrons. The minimum absolute atomic E-state index is 0.259. The van der Waals surface area contributed by atoms with Crippen molar-refractivity contribution < 1.29 is 4.79 Å². The van der Waals surface area contributed by atoms with Gasteiger partial charge in [0.25, 0.3) is 0 Å². The summed E-state index contributed by atoms with van der Waals surface area (Å²) in [5, 5.41) is 3.19. The Hall–Kier alpha value is -1.17. The van der Waals surface area contributed by atoms with Crippen LogP contribution in [0.15, 0.2) is 16.9 Å². The van der Waals surface area contributed by atoms with Crippen molar-refractivity contribution in [2.45, 2.75) is 38.1 Å². The lowest BCUT2D eigenvalue weighted by Gasteiger charge is -2.34. The zero-order valence-corrected chi connectivity index (χ0v) is 13.0. The van der Waals surface area contributed by atoms with E-state index in [1.165, 1.54) is 6.42 Å². The van der Waals surface area contributed by atoms with Gasteiger partial charge in [0.1, 0.15) is 0 Å². The van der Waals surface area contributed by atoms with Crippen LogP contribution in [0.25, 0.3) is 0 Å². The van der Waals surface area contributed by atoms with Crippen molar-refractivity contribution in [3.05, 3.63) is 16.9 Å². The third kappa shape index (κ3) is 3.11. The minimum Gasteiger partial charge on any atom is -0.353 e. The molecule has 0 unspecified atom stereocenters. The Kier molecular flexibility index (Phi) is 4.19. The summed E-state index contributed by atoms with van der Waals surface area (Å²) in [4.78, 5) is 22.7. The molecule has 1 saturated carbocycles. The average molecular weight is 339 g/mol. The molecule has 1 aliphatic carbocycles. The number of rotatable bonds is 3. The summed E-state index contributed by atoms with van der Waals surface area (Å²) >= 11 is 3.34. The van der Waals surface area contributed by atoms with Crippen molar-refractivity contribution in [1.29, 1.82) is 0 Å². The Bertz CT molecular complexity index is 467. The quantitative estimate of drug-likeness (QED) is 0.917. The Balaban J connectivity index is 1.49. The molecule has 2 fully saturated rings. The van der Waals surface area contributed by atoms with Gasteiger partial charge in [0.15, 0.2) is 0 Å². The molecule has 0 bridgehead atoms. The molecule has 6 heteroatoms. The number of amides is 1. The molecule has 1 saturated heterocycles. The van der Waals surface area contributed by atoms with Crippen LogP contribution in [0.2, 0.25) is 0 Å². The lowest BCUT2D eigenvalue weighted by Crippen LogP contribution is -2.47. The average Bonchev–Trinajstić information content (AvgIpc) is 2.38. The Morgan fingerprint density at radius 2 is 1.85 bits per heavy atom. The summed E-state index contributed by atoms with van der Waals surface area (Å²) in [6.07, 6.45) is 8.82. The second kappa shape index (κ2) is 6.08. The van der Waals surface area contributed by atoms with Crippen LogP contribution in [0, 0.1) is 5.92 Å². The highest BCUT2D eigenvalue weighted by Gasteiger charge is 2.28. The Labute approximate surface area is 127 Å². The molecule has 20 heavy (non-hydrogen) atoms. The van der Waals surface area contributed by atoms with E-state index in [4.69, 9.17) is 0 Å². The van der Waals surface area contributed by atoms with E-state index in [9.17, 15) is 4.79 Å². The summed E-state index contributed by atoms with van der Waals surface area (Å²) in [5.41, 5.74) is 0. The van der Waals surface area contributed by atoms with Gasteiger partial charge >= 0.3 is 0 Å². The summed E-state index contributed by atoms with van der Waals surface area (Å²) in [5.74, 6) is 1.31. The van der Waals surface area contributed by atoms with E-state index >= 15 is 0 Å². The molecule has 1 N–H and O–H groups in total. The Morgan fingerprint density at radius 3 is 2.40 bits per heavy atom. The topological polar surface area (TPSA) is 58.1 Å². The SMILES string of the molecule is O=C(NC1CCN(c2ncc(Br)cn2)CC1)C1CCC1. The van der Waals surface area contributed by atoms with Gasteiger partial charge in [-0.05, 0) is 41.6 Å². The van der Waals surface area contributed by atoms with Crippen molar-refractivity contribution in [3.8, 4) is 0 Å². The van der Waals surface area contributed by atoms with Crippen LogP contribution < -0.4 is 10.2 Å². The number of carbonyl (C=O) groups is 1. The monoisotopic (exact) mass is 338 g/mol. The molecule has 5 nitrogen and oxygen atoms in total. The maximum atomic E-state index is 11.9. The number of hydrogen-bond acceptors (Lipinski definition) is 4. The number of nitrogens with one attached hydrogen (secondary N) is 1. The summed E-state index contributed by atoms with van der Waals surface area (Å²) < 4.78 is 0.892. The van der Waals surface area contributed by atoms with E-state index in [0.29, 0.717) is 6.04 Å². The van der Waals surface area contributed by atoms with Crippen LogP contribution in [0.5, 0.6) is 0 Å². The molecule has 0 spiro atoms. The van der Waals surface area contributed by atoms with Crippen molar-refractivity contribution in [2.75, 3.05) is 18.0 Å². The third-order valence-electron chi connectivity index (χ3n) is 4.21. The number of piperidine rings is 1. The standard InChI is InChI=1S/C14H19BrN4O/c15-11-8-16-14(17-9-11)19-6-4-12(5-7-19)18-13(20)10-2-1-3-10/h8-10,12H,1-7H2,(H,18,20). The first-order valence-corrected chi connectivity index (χ1v) is 8.04. The zero-order chi connectivity index (χ0) is 13.9. The molecule has 2 heterocycles. The third-order valence-corrected chi connectivity index (χ3v) is 4.62. The van der Waals surface area contributed by atoms with Gasteiger partial charge in [-0.2, -0.15) is 0 Å². The molecular weight excluding hydrogens is 320 g/mol. The maximum absolute atomic E-state index is 11.9. The predicted molar refractivity (Wildman–Crippen MR) is 80.5 cm³/mol. The number of aromatic nitrogens is 2. The fraction of sp³-hybridized carbons (Fsp3) is 0.643. The number of nitrogens with zero attached hydrogens (tertiary/aromatic N) is 3. The first-order valence-electron chi connectivity index (χ1n) is 7.25. The van der Waals surface area contributed by atoms with Crippen molar-refractivity contribution >= 4 is 27.8 Å². The summed E-state index contributed by atoms with van der Waals surface area (Å²) in [6.45, 7) is 1.80. The first kappa shape index (κ1) is 13.8. The van der Waals surface area contributed by atoms with Crippen LogP contribution in [0.4, 0.5) is 5.95 Å². The molecule has 2 aliphatic rings. The highest BCUT2D eigenvalue weighted by Crippen LogP contribution is 2.27. The summed E-state index contributed by atoms with van der Waals surface area (Å²) in [7, 11) is 0. The van der Waals surface area contributed by atoms with Crippen LogP contribution in [0.1, 0.15) is 32.1 Å². The van der Waals surface area contributed by atoms with Crippen molar-refractivity contribution in [1.82, 2.24) is 15.3 Å².